The fourth-order valence-electron chi connectivity index (χ4n) is 2.66. The number of carbonyl (C=O) groups is 2. The first-order chi connectivity index (χ1) is 8.36. The van der Waals surface area contributed by atoms with Crippen molar-refractivity contribution in [3.63, 3.8) is 0 Å². The summed E-state index contributed by atoms with van der Waals surface area (Å²) in [6.07, 6.45) is 1.61. The molecule has 2 aliphatic rings. The van der Waals surface area contributed by atoms with Crippen LogP contribution in [0.25, 0.3) is 0 Å². The Labute approximate surface area is 107 Å². The number of fused-ring (bicyclic) bond motifs is 1. The van der Waals surface area contributed by atoms with Crippen LogP contribution in [-0.2, 0) is 9.59 Å². The van der Waals surface area contributed by atoms with Crippen molar-refractivity contribution in [1.29, 1.82) is 0 Å². The van der Waals surface area contributed by atoms with Crippen LogP contribution >= 0.6 is 0 Å². The molecular weight excluding hydrogens is 232 g/mol. The van der Waals surface area contributed by atoms with Crippen molar-refractivity contribution in [3.8, 4) is 0 Å². The Morgan fingerprint density at radius 1 is 1.56 bits per heavy atom. The molecule has 0 aromatic carbocycles. The van der Waals surface area contributed by atoms with E-state index in [1.165, 1.54) is 0 Å². The van der Waals surface area contributed by atoms with Gasteiger partial charge in [0.05, 0.1) is 0 Å². The molecule has 0 bridgehead atoms. The number of carbonyl (C=O) groups excluding carboxylic acids is 2. The Kier molecular flexibility index (Phi) is 3.19. The summed E-state index contributed by atoms with van der Waals surface area (Å²) in [4.78, 5) is 25.4. The summed E-state index contributed by atoms with van der Waals surface area (Å²) in [7, 11) is 0. The van der Waals surface area contributed by atoms with Gasteiger partial charge in [0.1, 0.15) is 5.82 Å². The molecule has 0 radical (unpaired) electrons. The van der Waals surface area contributed by atoms with Crippen LogP contribution < -0.4 is 5.32 Å². The van der Waals surface area contributed by atoms with E-state index in [2.05, 4.69) is 5.32 Å². The van der Waals surface area contributed by atoms with Crippen LogP contribution in [-0.4, -0.2) is 34.0 Å². The van der Waals surface area contributed by atoms with Gasteiger partial charge in [-0.05, 0) is 19.3 Å². The second-order valence-corrected chi connectivity index (χ2v) is 5.52. The molecule has 2 rings (SSSR count). The average Bonchev–Trinajstić information content (AvgIpc) is 2.72. The van der Waals surface area contributed by atoms with Gasteiger partial charge < -0.3 is 15.3 Å². The summed E-state index contributed by atoms with van der Waals surface area (Å²) in [6, 6.07) is 0. The molecule has 2 N–H and O–H groups in total. The van der Waals surface area contributed by atoms with Gasteiger partial charge in [0.25, 0.3) is 0 Å². The summed E-state index contributed by atoms with van der Waals surface area (Å²) in [5, 5.41) is 13.1. The summed E-state index contributed by atoms with van der Waals surface area (Å²) in [5.41, 5.74) is -0.959. The molecule has 2 aliphatic heterocycles. The minimum Gasteiger partial charge on any atom is -0.364 e. The summed E-state index contributed by atoms with van der Waals surface area (Å²) in [6.45, 7) is 6.19. The van der Waals surface area contributed by atoms with Crippen LogP contribution in [0.5, 0.6) is 0 Å². The smallest absolute Gasteiger partial charge is 0.225 e. The number of amides is 1. The van der Waals surface area contributed by atoms with E-state index in [0.717, 1.165) is 6.42 Å². The lowest BCUT2D eigenvalue weighted by molar-refractivity contribution is -0.143. The predicted octanol–water partition coefficient (Wildman–Crippen LogP) is 0.747. The van der Waals surface area contributed by atoms with Gasteiger partial charge in [0.2, 0.25) is 17.4 Å². The molecule has 0 unspecified atom stereocenters. The number of nitrogens with zero attached hydrogens (tertiary/aromatic N) is 1. The molecule has 1 amide bonds. The first kappa shape index (κ1) is 13.1. The highest BCUT2D eigenvalue weighted by atomic mass is 16.3. The van der Waals surface area contributed by atoms with E-state index in [1.54, 1.807) is 11.8 Å². The van der Waals surface area contributed by atoms with E-state index >= 15 is 0 Å². The molecule has 0 aliphatic carbocycles. The van der Waals surface area contributed by atoms with Crippen molar-refractivity contribution >= 4 is 11.7 Å². The number of hydrogen-bond acceptors (Lipinski definition) is 4. The quantitative estimate of drug-likeness (QED) is 0.777. The first-order valence-corrected chi connectivity index (χ1v) is 6.42. The molecular formula is C13H20N2O3. The number of rotatable bonds is 3. The van der Waals surface area contributed by atoms with E-state index in [0.29, 0.717) is 30.8 Å². The molecule has 5 heteroatoms. The molecule has 1 fully saturated rings. The summed E-state index contributed by atoms with van der Waals surface area (Å²) in [5.74, 6) is 0.370. The number of hydrogen-bond donors (Lipinski definition) is 2. The van der Waals surface area contributed by atoms with Crippen molar-refractivity contribution in [2.24, 2.45) is 5.92 Å². The topological polar surface area (TPSA) is 69.6 Å². The maximum Gasteiger partial charge on any atom is 0.225 e. The van der Waals surface area contributed by atoms with E-state index in [4.69, 9.17) is 0 Å². The Hall–Kier alpha value is -1.36. The molecule has 0 saturated carbocycles. The number of nitrogens with one attached hydrogen (secondary N) is 1. The molecule has 0 aromatic rings. The van der Waals surface area contributed by atoms with Gasteiger partial charge >= 0.3 is 0 Å². The minimum absolute atomic E-state index is 0.108. The van der Waals surface area contributed by atoms with Gasteiger partial charge in [0.15, 0.2) is 0 Å². The second kappa shape index (κ2) is 4.39. The minimum atomic E-state index is -1.41. The highest BCUT2D eigenvalue weighted by molar-refractivity contribution is 6.05. The van der Waals surface area contributed by atoms with Crippen molar-refractivity contribution in [2.75, 3.05) is 6.54 Å². The lowest BCUT2D eigenvalue weighted by Gasteiger charge is -2.28. The molecule has 18 heavy (non-hydrogen) atoms. The molecule has 100 valence electrons. The molecule has 1 saturated heterocycles. The lowest BCUT2D eigenvalue weighted by atomic mass is 10.0. The molecule has 1 atom stereocenters. The maximum atomic E-state index is 12.0. The average molecular weight is 252 g/mol. The van der Waals surface area contributed by atoms with Gasteiger partial charge in [-0.1, -0.05) is 13.8 Å². The summed E-state index contributed by atoms with van der Waals surface area (Å²) < 4.78 is 0. The monoisotopic (exact) mass is 252 g/mol. The molecule has 0 spiro atoms. The second-order valence-electron chi connectivity index (χ2n) is 5.52. The van der Waals surface area contributed by atoms with E-state index in [9.17, 15) is 14.7 Å². The molecule has 0 aromatic heterocycles. The van der Waals surface area contributed by atoms with Crippen LogP contribution in [0.1, 0.15) is 40.0 Å². The number of ketones is 1. The van der Waals surface area contributed by atoms with Gasteiger partial charge in [-0.3, -0.25) is 9.59 Å². The third kappa shape index (κ3) is 1.92. The van der Waals surface area contributed by atoms with E-state index < -0.39 is 5.72 Å². The van der Waals surface area contributed by atoms with Crippen molar-refractivity contribution in [2.45, 2.75) is 45.8 Å². The maximum absolute atomic E-state index is 12.0. The van der Waals surface area contributed by atoms with Crippen LogP contribution in [0.4, 0.5) is 0 Å². The molecule has 5 nitrogen and oxygen atoms in total. The fourth-order valence-corrected chi connectivity index (χ4v) is 2.66. The predicted molar refractivity (Wildman–Crippen MR) is 66.2 cm³/mol. The lowest BCUT2D eigenvalue weighted by Crippen LogP contribution is -2.46. The van der Waals surface area contributed by atoms with Gasteiger partial charge in [-0.25, -0.2) is 0 Å². The van der Waals surface area contributed by atoms with Gasteiger partial charge in [0, 0.05) is 25.0 Å². The van der Waals surface area contributed by atoms with Crippen molar-refractivity contribution in [3.05, 3.63) is 11.4 Å². The largest absolute Gasteiger partial charge is 0.364 e. The standard InChI is InChI=1S/C13H20N2O3/c1-8(2)7-10(16)14-12-9(3)11(17)13(18)5-4-6-15(12)13/h8,18H,4-7H2,1-3H3,(H,14,16)/t13-/m0/s1. The fraction of sp³-hybridized carbons (Fsp3) is 0.692. The molecule has 2 heterocycles. The Balaban J connectivity index is 2.17. The van der Waals surface area contributed by atoms with Crippen LogP contribution in [0.3, 0.4) is 0 Å². The van der Waals surface area contributed by atoms with Gasteiger partial charge in [-0.15, -0.1) is 0 Å². The first-order valence-electron chi connectivity index (χ1n) is 6.42. The van der Waals surface area contributed by atoms with E-state index in [1.807, 2.05) is 13.8 Å². The zero-order valence-electron chi connectivity index (χ0n) is 11.1. The van der Waals surface area contributed by atoms with E-state index in [-0.39, 0.29) is 17.6 Å². The zero-order valence-corrected chi connectivity index (χ0v) is 11.1. The SMILES string of the molecule is CC1=C(NC(=O)CC(C)C)N2CCC[C@]2(O)C1=O. The normalized spacial score (nSPS) is 27.2. The van der Waals surface area contributed by atoms with Crippen molar-refractivity contribution in [1.82, 2.24) is 10.2 Å². The van der Waals surface area contributed by atoms with Crippen molar-refractivity contribution < 1.29 is 14.7 Å². The highest BCUT2D eigenvalue weighted by Gasteiger charge is 2.53. The Bertz CT molecular complexity index is 428. The highest BCUT2D eigenvalue weighted by Crippen LogP contribution is 2.39. The van der Waals surface area contributed by atoms with Crippen LogP contribution in [0.2, 0.25) is 0 Å². The summed E-state index contributed by atoms with van der Waals surface area (Å²) >= 11 is 0. The zero-order chi connectivity index (χ0) is 13.5. The Morgan fingerprint density at radius 2 is 2.22 bits per heavy atom. The number of Topliss-reactive ketones (excluding diaryl/α,β-unsaturated/α-hetero) is 1. The van der Waals surface area contributed by atoms with Gasteiger partial charge in [-0.2, -0.15) is 0 Å². The van der Waals surface area contributed by atoms with Crippen LogP contribution in [0, 0.1) is 5.92 Å². The Morgan fingerprint density at radius 3 is 2.83 bits per heavy atom. The number of aliphatic hydroxyl groups is 1. The van der Waals surface area contributed by atoms with Crippen LogP contribution in [0.15, 0.2) is 11.4 Å². The third-order valence-electron chi connectivity index (χ3n) is 3.53. The third-order valence-corrected chi connectivity index (χ3v) is 3.53.